The van der Waals surface area contributed by atoms with Gasteiger partial charge in [-0.05, 0) is 36.5 Å². The highest BCUT2D eigenvalue weighted by atomic mass is 16.5. The lowest BCUT2D eigenvalue weighted by atomic mass is 9.90. The molecule has 0 radical (unpaired) electrons. The molecule has 0 saturated heterocycles. The largest absolute Gasteiger partial charge is 0.491 e. The maximum atomic E-state index is 9.88. The summed E-state index contributed by atoms with van der Waals surface area (Å²) in [6.07, 6.45) is 0.395. The highest BCUT2D eigenvalue weighted by Gasteiger charge is 2.22. The fourth-order valence-corrected chi connectivity index (χ4v) is 1.52. The van der Waals surface area contributed by atoms with Crippen LogP contribution in [0.2, 0.25) is 0 Å². The molecule has 2 atom stereocenters. The molecule has 1 aromatic carbocycles. The van der Waals surface area contributed by atoms with E-state index < -0.39 is 6.10 Å². The van der Waals surface area contributed by atoms with Gasteiger partial charge in [-0.25, -0.2) is 0 Å². The lowest BCUT2D eigenvalue weighted by molar-refractivity contribution is 0.0218. The minimum Gasteiger partial charge on any atom is -0.491 e. The Morgan fingerprint density at radius 2 is 1.78 bits per heavy atom. The van der Waals surface area contributed by atoms with Crippen molar-refractivity contribution in [2.75, 3.05) is 6.61 Å². The molecule has 0 heterocycles. The van der Waals surface area contributed by atoms with E-state index in [1.807, 2.05) is 52.0 Å². The average molecular weight is 251 g/mol. The Hall–Kier alpha value is -1.06. The average Bonchev–Trinajstić information content (AvgIpc) is 2.25. The summed E-state index contributed by atoms with van der Waals surface area (Å²) in [6.45, 7) is 8.28. The van der Waals surface area contributed by atoms with Crippen LogP contribution in [0, 0.1) is 5.41 Å². The summed E-state index contributed by atoms with van der Waals surface area (Å²) in [5.74, 6) is 0.784. The van der Waals surface area contributed by atoms with Crippen molar-refractivity contribution in [2.24, 2.45) is 11.1 Å². The zero-order chi connectivity index (χ0) is 13.8. The van der Waals surface area contributed by atoms with Gasteiger partial charge in [-0.2, -0.15) is 0 Å². The van der Waals surface area contributed by atoms with Crippen LogP contribution in [0.3, 0.4) is 0 Å². The van der Waals surface area contributed by atoms with E-state index in [1.165, 1.54) is 5.56 Å². The minimum absolute atomic E-state index is 0.158. The van der Waals surface area contributed by atoms with Gasteiger partial charge in [0.1, 0.15) is 12.4 Å². The smallest absolute Gasteiger partial charge is 0.119 e. The summed E-state index contributed by atoms with van der Waals surface area (Å²) < 4.78 is 5.57. The summed E-state index contributed by atoms with van der Waals surface area (Å²) >= 11 is 0. The number of aliphatic hydroxyl groups is 1. The van der Waals surface area contributed by atoms with Crippen molar-refractivity contribution in [3.63, 3.8) is 0 Å². The van der Waals surface area contributed by atoms with Crippen LogP contribution in [-0.2, 0) is 6.42 Å². The van der Waals surface area contributed by atoms with E-state index in [0.717, 1.165) is 12.2 Å². The third-order valence-corrected chi connectivity index (χ3v) is 2.89. The lowest BCUT2D eigenvalue weighted by Gasteiger charge is -2.25. The molecule has 102 valence electrons. The molecule has 0 aliphatic rings. The van der Waals surface area contributed by atoms with Gasteiger partial charge < -0.3 is 15.6 Å². The van der Waals surface area contributed by atoms with Crippen molar-refractivity contribution in [3.05, 3.63) is 29.8 Å². The minimum atomic E-state index is -0.471. The summed E-state index contributed by atoms with van der Waals surface area (Å²) in [5, 5.41) is 9.88. The van der Waals surface area contributed by atoms with Crippen LogP contribution < -0.4 is 10.5 Å². The molecule has 3 nitrogen and oxygen atoms in total. The molecule has 2 unspecified atom stereocenters. The van der Waals surface area contributed by atoms with Crippen molar-refractivity contribution in [3.8, 4) is 5.75 Å². The highest BCUT2D eigenvalue weighted by molar-refractivity contribution is 5.27. The van der Waals surface area contributed by atoms with Crippen molar-refractivity contribution >= 4 is 0 Å². The maximum absolute atomic E-state index is 9.88. The van der Waals surface area contributed by atoms with E-state index in [1.54, 1.807) is 0 Å². The number of rotatable bonds is 5. The van der Waals surface area contributed by atoms with Crippen LogP contribution in [0.1, 0.15) is 33.3 Å². The Kier molecular flexibility index (Phi) is 5.17. The molecule has 0 bridgehead atoms. The summed E-state index contributed by atoms with van der Waals surface area (Å²) in [4.78, 5) is 0. The molecule has 1 rings (SSSR count). The van der Waals surface area contributed by atoms with Gasteiger partial charge in [-0.1, -0.05) is 32.9 Å². The second-order valence-corrected chi connectivity index (χ2v) is 6.02. The zero-order valence-corrected chi connectivity index (χ0v) is 11.8. The summed E-state index contributed by atoms with van der Waals surface area (Å²) in [5.41, 5.74) is 6.79. The predicted molar refractivity (Wildman–Crippen MR) is 74.8 cm³/mol. The Morgan fingerprint density at radius 3 is 2.22 bits per heavy atom. The first kappa shape index (κ1) is 15.0. The maximum Gasteiger partial charge on any atom is 0.119 e. The number of hydrogen-bond acceptors (Lipinski definition) is 3. The number of nitrogens with two attached hydrogens (primary N) is 1. The number of aliphatic hydroxyl groups excluding tert-OH is 1. The van der Waals surface area contributed by atoms with Crippen molar-refractivity contribution in [1.29, 1.82) is 0 Å². The van der Waals surface area contributed by atoms with E-state index in [-0.39, 0.29) is 11.5 Å². The number of benzene rings is 1. The molecule has 0 aliphatic carbocycles. The molecule has 0 spiro atoms. The van der Waals surface area contributed by atoms with Gasteiger partial charge in [-0.15, -0.1) is 0 Å². The SMILES string of the molecule is CC(N)Cc1ccc(OCC(O)C(C)(C)C)cc1. The molecule has 0 aromatic heterocycles. The molecule has 18 heavy (non-hydrogen) atoms. The zero-order valence-electron chi connectivity index (χ0n) is 11.8. The van der Waals surface area contributed by atoms with Crippen molar-refractivity contribution < 1.29 is 9.84 Å². The summed E-state index contributed by atoms with van der Waals surface area (Å²) in [7, 11) is 0. The fraction of sp³-hybridized carbons (Fsp3) is 0.600. The first-order valence-electron chi connectivity index (χ1n) is 6.44. The van der Waals surface area contributed by atoms with E-state index in [4.69, 9.17) is 10.5 Å². The molecule has 0 aliphatic heterocycles. The van der Waals surface area contributed by atoms with Crippen LogP contribution >= 0.6 is 0 Å². The Bertz CT molecular complexity index is 352. The fourth-order valence-electron chi connectivity index (χ4n) is 1.52. The van der Waals surface area contributed by atoms with Crippen molar-refractivity contribution in [2.45, 2.75) is 46.3 Å². The van der Waals surface area contributed by atoms with Gasteiger partial charge in [0, 0.05) is 6.04 Å². The van der Waals surface area contributed by atoms with Crippen molar-refractivity contribution in [1.82, 2.24) is 0 Å². The van der Waals surface area contributed by atoms with E-state index in [0.29, 0.717) is 6.61 Å². The van der Waals surface area contributed by atoms with Gasteiger partial charge in [0.2, 0.25) is 0 Å². The number of ether oxygens (including phenoxy) is 1. The van der Waals surface area contributed by atoms with Crippen LogP contribution in [0.5, 0.6) is 5.75 Å². The van der Waals surface area contributed by atoms with Crippen LogP contribution in [0.15, 0.2) is 24.3 Å². The predicted octanol–water partition coefficient (Wildman–Crippen LogP) is 2.36. The van der Waals surface area contributed by atoms with Gasteiger partial charge >= 0.3 is 0 Å². The standard InChI is InChI=1S/C15H25NO2/c1-11(16)9-12-5-7-13(8-6-12)18-10-14(17)15(2,3)4/h5-8,11,14,17H,9-10,16H2,1-4H3. The third kappa shape index (κ3) is 5.07. The highest BCUT2D eigenvalue weighted by Crippen LogP contribution is 2.20. The first-order valence-corrected chi connectivity index (χ1v) is 6.44. The van der Waals surface area contributed by atoms with E-state index in [2.05, 4.69) is 0 Å². The summed E-state index contributed by atoms with van der Waals surface area (Å²) in [6, 6.07) is 8.05. The van der Waals surface area contributed by atoms with Crippen LogP contribution in [-0.4, -0.2) is 23.9 Å². The van der Waals surface area contributed by atoms with Gasteiger partial charge in [0.15, 0.2) is 0 Å². The monoisotopic (exact) mass is 251 g/mol. The third-order valence-electron chi connectivity index (χ3n) is 2.89. The molecular formula is C15H25NO2. The van der Waals surface area contributed by atoms with E-state index in [9.17, 15) is 5.11 Å². The molecule has 0 amide bonds. The number of hydrogen-bond donors (Lipinski definition) is 2. The van der Waals surface area contributed by atoms with Gasteiger partial charge in [0.05, 0.1) is 6.10 Å². The Morgan fingerprint density at radius 1 is 1.22 bits per heavy atom. The lowest BCUT2D eigenvalue weighted by Crippen LogP contribution is -2.31. The molecule has 3 N–H and O–H groups in total. The van der Waals surface area contributed by atoms with Crippen LogP contribution in [0.25, 0.3) is 0 Å². The molecule has 3 heteroatoms. The van der Waals surface area contributed by atoms with Gasteiger partial charge in [0.25, 0.3) is 0 Å². The Balaban J connectivity index is 2.49. The quantitative estimate of drug-likeness (QED) is 0.844. The molecule has 1 aromatic rings. The van der Waals surface area contributed by atoms with Crippen LogP contribution in [0.4, 0.5) is 0 Å². The second-order valence-electron chi connectivity index (χ2n) is 6.02. The Labute approximate surface area is 110 Å². The first-order chi connectivity index (χ1) is 8.29. The molecule has 0 fully saturated rings. The second kappa shape index (κ2) is 6.21. The van der Waals surface area contributed by atoms with E-state index >= 15 is 0 Å². The molecule has 0 saturated carbocycles. The topological polar surface area (TPSA) is 55.5 Å². The molecular weight excluding hydrogens is 226 g/mol. The van der Waals surface area contributed by atoms with Gasteiger partial charge in [-0.3, -0.25) is 0 Å². The normalized spacial score (nSPS) is 15.2.